The van der Waals surface area contributed by atoms with Gasteiger partial charge in [-0.1, -0.05) is 13.0 Å². The minimum Gasteiger partial charge on any atom is -0.493 e. The number of fused-ring (bicyclic) bond motifs is 1. The normalized spacial score (nSPS) is 31.0. The van der Waals surface area contributed by atoms with E-state index < -0.39 is 30.4 Å². The summed E-state index contributed by atoms with van der Waals surface area (Å²) in [6.45, 7) is 8.51. The van der Waals surface area contributed by atoms with E-state index in [2.05, 4.69) is 15.9 Å². The predicted octanol–water partition coefficient (Wildman–Crippen LogP) is 3.38. The van der Waals surface area contributed by atoms with Gasteiger partial charge in [0.1, 0.15) is 24.1 Å². The monoisotopic (exact) mass is 430 g/mol. The molecule has 0 saturated carbocycles. The molecule has 5 atom stereocenters. The molecule has 0 unspecified atom stereocenters. The maximum Gasteiger partial charge on any atom is 0.190 e. The molecule has 2 saturated heterocycles. The Balaban J connectivity index is 1.72. The third-order valence-corrected chi connectivity index (χ3v) is 5.22. The van der Waals surface area contributed by atoms with Crippen molar-refractivity contribution in [2.75, 3.05) is 6.61 Å². The number of aliphatic hydroxyl groups excluding tert-OH is 1. The van der Waals surface area contributed by atoms with Gasteiger partial charge in [-0.15, -0.1) is 0 Å². The molecule has 1 aromatic carbocycles. The molecule has 7 heteroatoms. The molecular formula is C19H27BrO6. The van der Waals surface area contributed by atoms with Crippen LogP contribution >= 0.6 is 15.9 Å². The zero-order chi connectivity index (χ0) is 18.9. The van der Waals surface area contributed by atoms with Crippen LogP contribution < -0.4 is 4.74 Å². The molecule has 0 aliphatic carbocycles. The lowest BCUT2D eigenvalue weighted by atomic mass is 10.0. The Kier molecular flexibility index (Phi) is 6.26. The second-order valence-electron chi connectivity index (χ2n) is 7.02. The van der Waals surface area contributed by atoms with Gasteiger partial charge in [0.05, 0.1) is 23.8 Å². The summed E-state index contributed by atoms with van der Waals surface area (Å²) in [4.78, 5) is 0. The largest absolute Gasteiger partial charge is 0.493 e. The maximum atomic E-state index is 10.3. The van der Waals surface area contributed by atoms with Crippen LogP contribution in [0.3, 0.4) is 0 Å². The van der Waals surface area contributed by atoms with Crippen LogP contribution in [0, 0.1) is 0 Å². The van der Waals surface area contributed by atoms with Crippen molar-refractivity contribution in [2.45, 2.75) is 77.2 Å². The summed E-state index contributed by atoms with van der Waals surface area (Å²) in [7, 11) is 0. The van der Waals surface area contributed by atoms with E-state index in [1.807, 2.05) is 45.9 Å². The number of ether oxygens (including phenoxy) is 5. The third-order valence-electron chi connectivity index (χ3n) is 4.56. The van der Waals surface area contributed by atoms with Gasteiger partial charge in [0.25, 0.3) is 0 Å². The summed E-state index contributed by atoms with van der Waals surface area (Å²) in [6.07, 6.45) is -1.84. The molecule has 1 N–H and O–H groups in total. The molecule has 6 nitrogen and oxygen atoms in total. The van der Waals surface area contributed by atoms with Crippen molar-refractivity contribution in [3.63, 3.8) is 0 Å². The molecule has 3 rings (SSSR count). The quantitative estimate of drug-likeness (QED) is 0.714. The highest BCUT2D eigenvalue weighted by Crippen LogP contribution is 2.40. The second kappa shape index (κ2) is 8.12. The highest BCUT2D eigenvalue weighted by molar-refractivity contribution is 9.10. The number of benzene rings is 1. The lowest BCUT2D eigenvalue weighted by Gasteiger charge is -2.28. The second-order valence-corrected chi connectivity index (χ2v) is 7.87. The molecule has 1 aromatic rings. The molecule has 0 aromatic heterocycles. The van der Waals surface area contributed by atoms with Crippen molar-refractivity contribution in [2.24, 2.45) is 0 Å². The van der Waals surface area contributed by atoms with Crippen LogP contribution in [-0.4, -0.2) is 48.2 Å². The Hall–Kier alpha value is -0.700. The lowest BCUT2D eigenvalue weighted by molar-refractivity contribution is -0.230. The molecule has 2 fully saturated rings. The highest BCUT2D eigenvalue weighted by atomic mass is 79.9. The topological polar surface area (TPSA) is 66.4 Å². The number of hydrogen-bond acceptors (Lipinski definition) is 6. The minimum atomic E-state index is -0.723. The van der Waals surface area contributed by atoms with Gasteiger partial charge in [-0.3, -0.25) is 0 Å². The first-order valence-electron chi connectivity index (χ1n) is 9.06. The van der Waals surface area contributed by atoms with Crippen LogP contribution in [0.4, 0.5) is 0 Å². The number of aliphatic hydroxyl groups is 1. The summed E-state index contributed by atoms with van der Waals surface area (Å²) in [5.74, 6) is 0.0552. The molecule has 2 aliphatic rings. The van der Waals surface area contributed by atoms with Crippen LogP contribution in [0.1, 0.15) is 39.7 Å². The number of halogens is 1. The van der Waals surface area contributed by atoms with E-state index in [0.29, 0.717) is 19.6 Å². The van der Waals surface area contributed by atoms with Crippen molar-refractivity contribution < 1.29 is 28.8 Å². The molecule has 26 heavy (non-hydrogen) atoms. The van der Waals surface area contributed by atoms with E-state index in [1.54, 1.807) is 0 Å². The average molecular weight is 431 g/mol. The van der Waals surface area contributed by atoms with Crippen LogP contribution in [-0.2, 0) is 25.6 Å². The Morgan fingerprint density at radius 1 is 1.27 bits per heavy atom. The van der Waals surface area contributed by atoms with Gasteiger partial charge in [-0.25, -0.2) is 0 Å². The summed E-state index contributed by atoms with van der Waals surface area (Å²) in [5.41, 5.74) is 0.975. The molecule has 0 radical (unpaired) electrons. The first-order chi connectivity index (χ1) is 12.3. The summed E-state index contributed by atoms with van der Waals surface area (Å²) in [5, 5.41) is 10.3. The zero-order valence-corrected chi connectivity index (χ0v) is 17.2. The Bertz CT molecular complexity index is 622. The van der Waals surface area contributed by atoms with Crippen molar-refractivity contribution in [3.05, 3.63) is 28.2 Å². The van der Waals surface area contributed by atoms with Gasteiger partial charge >= 0.3 is 0 Å². The smallest absolute Gasteiger partial charge is 0.190 e. The molecule has 0 spiro atoms. The average Bonchev–Trinajstić information content (AvgIpc) is 3.07. The molecule has 146 valence electrons. The third kappa shape index (κ3) is 4.24. The lowest BCUT2D eigenvalue weighted by Crippen LogP contribution is -2.42. The van der Waals surface area contributed by atoms with Crippen LogP contribution in [0.5, 0.6) is 5.75 Å². The van der Waals surface area contributed by atoms with Crippen LogP contribution in [0.25, 0.3) is 0 Å². The van der Waals surface area contributed by atoms with Gasteiger partial charge in [-0.2, -0.15) is 0 Å². The summed E-state index contributed by atoms with van der Waals surface area (Å²) >= 11 is 3.48. The number of rotatable bonds is 7. The van der Waals surface area contributed by atoms with Gasteiger partial charge in [0.2, 0.25) is 0 Å². The standard InChI is InChI=1S/C19H27BrO6/c1-5-13(21)15-16(17-18(24-15)26-19(3,4)25-17)23-10-11-7-8-12(20)14(9-11)22-6-2/h7-9,13,15-18,21H,5-6,10H2,1-4H3/t13-,15-,16+,17-,18-/m1/s1. The fourth-order valence-electron chi connectivity index (χ4n) is 3.33. The van der Waals surface area contributed by atoms with Crippen molar-refractivity contribution >= 4 is 15.9 Å². The molecule has 2 heterocycles. The fourth-order valence-corrected chi connectivity index (χ4v) is 3.69. The molecule has 0 bridgehead atoms. The maximum absolute atomic E-state index is 10.3. The van der Waals surface area contributed by atoms with Crippen LogP contribution in [0.2, 0.25) is 0 Å². The van der Waals surface area contributed by atoms with Gasteiger partial charge in [0.15, 0.2) is 12.1 Å². The minimum absolute atomic E-state index is 0.362. The molecule has 0 amide bonds. The zero-order valence-electron chi connectivity index (χ0n) is 15.6. The van der Waals surface area contributed by atoms with Crippen molar-refractivity contribution in [1.82, 2.24) is 0 Å². The fraction of sp³-hybridized carbons (Fsp3) is 0.684. The van der Waals surface area contributed by atoms with Gasteiger partial charge in [-0.05, 0) is 60.8 Å². The first kappa shape index (κ1) is 20.0. The van der Waals surface area contributed by atoms with Gasteiger partial charge < -0.3 is 28.8 Å². The van der Waals surface area contributed by atoms with E-state index in [1.165, 1.54) is 0 Å². The SMILES string of the molecule is CCOc1cc(CO[C@@H]2[C@H]3OC(C)(C)O[C@H]3O[C@@H]2[C@H](O)CC)ccc1Br. The van der Waals surface area contributed by atoms with E-state index >= 15 is 0 Å². The molecule has 2 aliphatic heterocycles. The molecular weight excluding hydrogens is 404 g/mol. The first-order valence-corrected chi connectivity index (χ1v) is 9.86. The number of hydrogen-bond donors (Lipinski definition) is 1. The predicted molar refractivity (Wildman–Crippen MR) is 98.9 cm³/mol. The van der Waals surface area contributed by atoms with Crippen LogP contribution in [0.15, 0.2) is 22.7 Å². The Morgan fingerprint density at radius 3 is 2.73 bits per heavy atom. The van der Waals surface area contributed by atoms with E-state index in [-0.39, 0.29) is 6.10 Å². The van der Waals surface area contributed by atoms with E-state index in [9.17, 15) is 5.11 Å². The Morgan fingerprint density at radius 2 is 2.04 bits per heavy atom. The van der Waals surface area contributed by atoms with Gasteiger partial charge in [0, 0.05) is 0 Å². The Labute approximate surface area is 162 Å². The van der Waals surface area contributed by atoms with E-state index in [0.717, 1.165) is 15.8 Å². The van der Waals surface area contributed by atoms with Crippen molar-refractivity contribution in [1.29, 1.82) is 0 Å². The highest BCUT2D eigenvalue weighted by Gasteiger charge is 2.56. The summed E-state index contributed by atoms with van der Waals surface area (Å²) in [6, 6.07) is 5.86. The summed E-state index contributed by atoms with van der Waals surface area (Å²) < 4.78 is 30.3. The van der Waals surface area contributed by atoms with E-state index in [4.69, 9.17) is 23.7 Å². The van der Waals surface area contributed by atoms with Crippen molar-refractivity contribution in [3.8, 4) is 5.75 Å².